The molecule has 0 N–H and O–H groups in total. The van der Waals surface area contributed by atoms with Crippen LogP contribution in [-0.2, 0) is 11.2 Å². The molecule has 0 aliphatic rings. The molecule has 30 heavy (non-hydrogen) atoms. The van der Waals surface area contributed by atoms with Crippen molar-refractivity contribution in [2.24, 2.45) is 0 Å². The maximum atomic E-state index is 13.6. The monoisotopic (exact) mass is 445 g/mol. The van der Waals surface area contributed by atoms with Crippen molar-refractivity contribution in [3.63, 3.8) is 0 Å². The highest BCUT2D eigenvalue weighted by Crippen LogP contribution is 2.31. The fraction of sp³-hybridized carbons (Fsp3) is 0.409. The third-order valence-electron chi connectivity index (χ3n) is 5.11. The van der Waals surface area contributed by atoms with Gasteiger partial charge >= 0.3 is 0 Å². The highest BCUT2D eigenvalue weighted by Gasteiger charge is 2.20. The van der Waals surface area contributed by atoms with Crippen molar-refractivity contribution >= 4 is 39.2 Å². The fourth-order valence-electron chi connectivity index (χ4n) is 3.42. The Balaban J connectivity index is 2.16. The molecule has 1 aromatic carbocycles. The number of hydrogen-bond donors (Lipinski definition) is 0. The lowest BCUT2D eigenvalue weighted by Gasteiger charge is -2.19. The topological polar surface area (TPSA) is 64.4 Å². The van der Waals surface area contributed by atoms with Gasteiger partial charge in [-0.25, -0.2) is 4.98 Å². The van der Waals surface area contributed by atoms with Crippen LogP contribution in [0.15, 0.2) is 34.2 Å². The number of hydrogen-bond acceptors (Lipinski definition) is 6. The molecule has 0 radical (unpaired) electrons. The molecule has 3 aromatic rings. The lowest BCUT2D eigenvalue weighted by Crippen LogP contribution is -2.32. The zero-order valence-electron chi connectivity index (χ0n) is 18.0. The first-order chi connectivity index (χ1) is 14.4. The normalized spacial score (nSPS) is 11.1. The number of aromatic nitrogens is 2. The van der Waals surface area contributed by atoms with Gasteiger partial charge in [-0.2, -0.15) is 0 Å². The lowest BCUT2D eigenvalue weighted by molar-refractivity contribution is -0.127. The summed E-state index contributed by atoms with van der Waals surface area (Å²) in [6.45, 7) is 9.31. The smallest absolute Gasteiger partial charge is 0.267 e. The van der Waals surface area contributed by atoms with Crippen molar-refractivity contribution in [2.75, 3.05) is 26.0 Å². The highest BCUT2D eigenvalue weighted by atomic mass is 32.2. The molecule has 0 spiro atoms. The average molecular weight is 446 g/mol. The number of carbonyl (C=O) groups is 1. The van der Waals surface area contributed by atoms with Crippen LogP contribution in [0, 0.1) is 6.92 Å². The minimum atomic E-state index is -0.112. The van der Waals surface area contributed by atoms with Crippen molar-refractivity contribution in [2.45, 2.75) is 39.3 Å². The van der Waals surface area contributed by atoms with E-state index in [1.807, 2.05) is 45.0 Å². The summed E-state index contributed by atoms with van der Waals surface area (Å²) in [6.07, 6.45) is 0.856. The number of rotatable bonds is 8. The third kappa shape index (κ3) is 4.25. The van der Waals surface area contributed by atoms with E-state index in [9.17, 15) is 9.59 Å². The second-order valence-electron chi connectivity index (χ2n) is 6.78. The summed E-state index contributed by atoms with van der Waals surface area (Å²) in [4.78, 5) is 34.6. The van der Waals surface area contributed by atoms with Gasteiger partial charge in [0.05, 0.1) is 23.9 Å². The van der Waals surface area contributed by atoms with E-state index in [1.165, 1.54) is 11.8 Å². The summed E-state index contributed by atoms with van der Waals surface area (Å²) in [5.74, 6) is 0.924. The predicted molar refractivity (Wildman–Crippen MR) is 125 cm³/mol. The number of nitrogens with zero attached hydrogens (tertiary/aromatic N) is 3. The van der Waals surface area contributed by atoms with Gasteiger partial charge in [-0.15, -0.1) is 11.3 Å². The molecule has 8 heteroatoms. The van der Waals surface area contributed by atoms with Gasteiger partial charge in [-0.3, -0.25) is 14.2 Å². The molecule has 0 aliphatic heterocycles. The predicted octanol–water partition coefficient (Wildman–Crippen LogP) is 4.29. The first kappa shape index (κ1) is 22.4. The Bertz CT molecular complexity index is 1120. The van der Waals surface area contributed by atoms with Gasteiger partial charge in [0.2, 0.25) is 5.91 Å². The Hall–Kier alpha value is -2.32. The summed E-state index contributed by atoms with van der Waals surface area (Å²) in [7, 11) is 1.60. The van der Waals surface area contributed by atoms with Crippen LogP contribution in [0.4, 0.5) is 0 Å². The maximum absolute atomic E-state index is 13.6. The standard InChI is InChI=1S/C22H27N3O3S2/c1-6-17-14(4)19-20(30-17)23-22(29-13-18(26)24(7-2)8-3)25(21(19)27)15-10-9-11-16(12-15)28-5/h9-12H,6-8,13H2,1-5H3. The summed E-state index contributed by atoms with van der Waals surface area (Å²) in [5, 5.41) is 1.17. The Morgan fingerprint density at radius 2 is 2.00 bits per heavy atom. The lowest BCUT2D eigenvalue weighted by atomic mass is 10.2. The van der Waals surface area contributed by atoms with E-state index < -0.39 is 0 Å². The average Bonchev–Trinajstić information content (AvgIpc) is 3.08. The second kappa shape index (κ2) is 9.66. The van der Waals surface area contributed by atoms with E-state index in [1.54, 1.807) is 27.9 Å². The van der Waals surface area contributed by atoms with E-state index in [2.05, 4.69) is 6.92 Å². The quantitative estimate of drug-likeness (QED) is 0.382. The van der Waals surface area contributed by atoms with Crippen LogP contribution in [0.5, 0.6) is 5.75 Å². The maximum Gasteiger partial charge on any atom is 0.267 e. The molecule has 0 bridgehead atoms. The first-order valence-electron chi connectivity index (χ1n) is 10.0. The fourth-order valence-corrected chi connectivity index (χ4v) is 5.49. The molecule has 0 atom stereocenters. The molecule has 0 fully saturated rings. The number of aryl methyl sites for hydroxylation is 2. The van der Waals surface area contributed by atoms with Crippen LogP contribution in [0.2, 0.25) is 0 Å². The van der Waals surface area contributed by atoms with Gasteiger partial charge < -0.3 is 9.64 Å². The summed E-state index contributed by atoms with van der Waals surface area (Å²) in [6, 6.07) is 7.35. The van der Waals surface area contributed by atoms with Gasteiger partial charge in [0.25, 0.3) is 5.56 Å². The molecular formula is C22H27N3O3S2. The van der Waals surface area contributed by atoms with E-state index in [4.69, 9.17) is 9.72 Å². The van der Waals surface area contributed by atoms with Crippen molar-refractivity contribution in [3.8, 4) is 11.4 Å². The van der Waals surface area contributed by atoms with Gasteiger partial charge in [0, 0.05) is 24.0 Å². The minimum Gasteiger partial charge on any atom is -0.497 e. The molecular weight excluding hydrogens is 418 g/mol. The molecule has 0 unspecified atom stereocenters. The molecule has 2 aromatic heterocycles. The van der Waals surface area contributed by atoms with Crippen molar-refractivity contribution in [1.82, 2.24) is 14.5 Å². The molecule has 0 aliphatic carbocycles. The number of benzene rings is 1. The molecule has 0 saturated carbocycles. The number of thioether (sulfide) groups is 1. The van der Waals surface area contributed by atoms with Crippen LogP contribution in [-0.4, -0.2) is 46.3 Å². The molecule has 160 valence electrons. The van der Waals surface area contributed by atoms with Crippen LogP contribution in [0.1, 0.15) is 31.2 Å². The van der Waals surface area contributed by atoms with Gasteiger partial charge in [-0.1, -0.05) is 24.8 Å². The number of fused-ring (bicyclic) bond motifs is 1. The summed E-state index contributed by atoms with van der Waals surface area (Å²) >= 11 is 2.86. The molecule has 3 rings (SSSR count). The van der Waals surface area contributed by atoms with Gasteiger partial charge in [0.1, 0.15) is 10.6 Å². The van der Waals surface area contributed by atoms with Crippen molar-refractivity contribution in [3.05, 3.63) is 45.1 Å². The first-order valence-corrected chi connectivity index (χ1v) is 11.8. The van der Waals surface area contributed by atoms with Crippen LogP contribution >= 0.6 is 23.1 Å². The molecule has 6 nitrogen and oxygen atoms in total. The third-order valence-corrected chi connectivity index (χ3v) is 7.36. The second-order valence-corrected chi connectivity index (χ2v) is 8.80. The van der Waals surface area contributed by atoms with E-state index in [0.29, 0.717) is 35.1 Å². The van der Waals surface area contributed by atoms with E-state index in [0.717, 1.165) is 21.7 Å². The SMILES string of the molecule is CCc1sc2nc(SCC(=O)N(CC)CC)n(-c3cccc(OC)c3)c(=O)c2c1C. The van der Waals surface area contributed by atoms with Crippen molar-refractivity contribution in [1.29, 1.82) is 0 Å². The Labute approximate surface area is 184 Å². The van der Waals surface area contributed by atoms with E-state index >= 15 is 0 Å². The Morgan fingerprint density at radius 3 is 2.63 bits per heavy atom. The number of methoxy groups -OCH3 is 1. The Morgan fingerprint density at radius 1 is 1.27 bits per heavy atom. The summed E-state index contributed by atoms with van der Waals surface area (Å²) < 4.78 is 6.95. The molecule has 0 saturated heterocycles. The number of ether oxygens (including phenoxy) is 1. The largest absolute Gasteiger partial charge is 0.497 e. The van der Waals surface area contributed by atoms with Crippen molar-refractivity contribution < 1.29 is 9.53 Å². The molecule has 1 amide bonds. The van der Waals surface area contributed by atoms with Crippen LogP contribution in [0.3, 0.4) is 0 Å². The highest BCUT2D eigenvalue weighted by molar-refractivity contribution is 7.99. The van der Waals surface area contributed by atoms with Gasteiger partial charge in [0.15, 0.2) is 5.16 Å². The van der Waals surface area contributed by atoms with Gasteiger partial charge in [-0.05, 0) is 44.9 Å². The van der Waals surface area contributed by atoms with Crippen LogP contribution < -0.4 is 10.3 Å². The summed E-state index contributed by atoms with van der Waals surface area (Å²) in [5.41, 5.74) is 1.55. The zero-order valence-corrected chi connectivity index (χ0v) is 19.7. The zero-order chi connectivity index (χ0) is 21.8. The number of thiophene rings is 1. The number of amides is 1. The minimum absolute atomic E-state index is 0.0353. The van der Waals surface area contributed by atoms with E-state index in [-0.39, 0.29) is 17.2 Å². The molecule has 2 heterocycles. The number of carbonyl (C=O) groups excluding carboxylic acids is 1. The van der Waals surface area contributed by atoms with Crippen LogP contribution in [0.25, 0.3) is 15.9 Å². The Kier molecular flexibility index (Phi) is 7.20.